The minimum absolute atomic E-state index is 0.217. The molecule has 0 fully saturated rings. The SMILES string of the molecule is CCc1ccc(CC(O)c2c(F)cccc2OC)cc1. The Morgan fingerprint density at radius 1 is 1.10 bits per heavy atom. The average molecular weight is 274 g/mol. The van der Waals surface area contributed by atoms with Crippen LogP contribution in [0, 0.1) is 5.82 Å². The molecule has 0 bridgehead atoms. The van der Waals surface area contributed by atoms with Gasteiger partial charge >= 0.3 is 0 Å². The van der Waals surface area contributed by atoms with E-state index in [9.17, 15) is 9.50 Å². The molecule has 106 valence electrons. The van der Waals surface area contributed by atoms with Gasteiger partial charge in [0.05, 0.1) is 18.8 Å². The highest BCUT2D eigenvalue weighted by Crippen LogP contribution is 2.30. The summed E-state index contributed by atoms with van der Waals surface area (Å²) in [7, 11) is 1.47. The summed E-state index contributed by atoms with van der Waals surface area (Å²) in [4.78, 5) is 0. The molecule has 0 radical (unpaired) electrons. The highest BCUT2D eigenvalue weighted by Gasteiger charge is 2.18. The smallest absolute Gasteiger partial charge is 0.132 e. The number of aliphatic hydroxyl groups excluding tert-OH is 1. The first-order valence-corrected chi connectivity index (χ1v) is 6.74. The van der Waals surface area contributed by atoms with Crippen molar-refractivity contribution < 1.29 is 14.2 Å². The monoisotopic (exact) mass is 274 g/mol. The molecule has 0 aromatic heterocycles. The van der Waals surface area contributed by atoms with Gasteiger partial charge in [0.2, 0.25) is 0 Å². The van der Waals surface area contributed by atoms with Crippen LogP contribution in [0.25, 0.3) is 0 Å². The van der Waals surface area contributed by atoms with Gasteiger partial charge in [-0.1, -0.05) is 37.3 Å². The molecule has 0 aliphatic heterocycles. The lowest BCUT2D eigenvalue weighted by molar-refractivity contribution is 0.169. The van der Waals surface area contributed by atoms with Crippen LogP contribution >= 0.6 is 0 Å². The maximum Gasteiger partial charge on any atom is 0.132 e. The summed E-state index contributed by atoms with van der Waals surface area (Å²) in [5.74, 6) is -0.0651. The van der Waals surface area contributed by atoms with Crippen molar-refractivity contribution in [2.75, 3.05) is 7.11 Å². The van der Waals surface area contributed by atoms with E-state index in [0.717, 1.165) is 12.0 Å². The lowest BCUT2D eigenvalue weighted by atomic mass is 9.99. The van der Waals surface area contributed by atoms with Crippen molar-refractivity contribution in [3.63, 3.8) is 0 Å². The Kier molecular flexibility index (Phi) is 4.74. The van der Waals surface area contributed by atoms with Gasteiger partial charge in [-0.2, -0.15) is 0 Å². The molecule has 0 aliphatic carbocycles. The molecule has 0 heterocycles. The van der Waals surface area contributed by atoms with E-state index in [1.807, 2.05) is 24.3 Å². The van der Waals surface area contributed by atoms with Gasteiger partial charge < -0.3 is 9.84 Å². The molecule has 2 nitrogen and oxygen atoms in total. The van der Waals surface area contributed by atoms with Gasteiger partial charge in [-0.3, -0.25) is 0 Å². The number of aryl methyl sites for hydroxylation is 1. The topological polar surface area (TPSA) is 29.5 Å². The van der Waals surface area contributed by atoms with Crippen LogP contribution in [0.15, 0.2) is 42.5 Å². The zero-order valence-electron chi connectivity index (χ0n) is 11.8. The highest BCUT2D eigenvalue weighted by molar-refractivity contribution is 5.37. The number of benzene rings is 2. The molecular weight excluding hydrogens is 255 g/mol. The zero-order chi connectivity index (χ0) is 14.5. The molecule has 20 heavy (non-hydrogen) atoms. The number of ether oxygens (including phenoxy) is 1. The molecule has 1 N–H and O–H groups in total. The number of aliphatic hydroxyl groups is 1. The van der Waals surface area contributed by atoms with Crippen molar-refractivity contribution in [1.82, 2.24) is 0 Å². The second-order valence-corrected chi connectivity index (χ2v) is 4.75. The number of rotatable bonds is 5. The fourth-order valence-electron chi connectivity index (χ4n) is 2.25. The quantitative estimate of drug-likeness (QED) is 0.901. The Balaban J connectivity index is 2.21. The molecule has 3 heteroatoms. The first-order valence-electron chi connectivity index (χ1n) is 6.74. The van der Waals surface area contributed by atoms with Crippen LogP contribution < -0.4 is 4.74 Å². The third-order valence-electron chi connectivity index (χ3n) is 3.43. The first kappa shape index (κ1) is 14.5. The highest BCUT2D eigenvalue weighted by atomic mass is 19.1. The lowest BCUT2D eigenvalue weighted by Gasteiger charge is -2.15. The second-order valence-electron chi connectivity index (χ2n) is 4.75. The first-order chi connectivity index (χ1) is 9.65. The summed E-state index contributed by atoms with van der Waals surface area (Å²) in [5.41, 5.74) is 2.43. The summed E-state index contributed by atoms with van der Waals surface area (Å²) < 4.78 is 19.0. The maximum atomic E-state index is 13.9. The van der Waals surface area contributed by atoms with Crippen molar-refractivity contribution in [2.45, 2.75) is 25.9 Å². The minimum atomic E-state index is -0.918. The molecule has 1 atom stereocenters. The van der Waals surface area contributed by atoms with Crippen LogP contribution in [0.5, 0.6) is 5.75 Å². The van der Waals surface area contributed by atoms with Gasteiger partial charge in [0, 0.05) is 6.42 Å². The average Bonchev–Trinajstić information content (AvgIpc) is 2.47. The molecule has 0 aliphatic rings. The maximum absolute atomic E-state index is 13.9. The summed E-state index contributed by atoms with van der Waals surface area (Å²) in [6, 6.07) is 12.6. The van der Waals surface area contributed by atoms with E-state index in [1.165, 1.54) is 18.7 Å². The minimum Gasteiger partial charge on any atom is -0.496 e. The molecule has 2 aromatic carbocycles. The predicted molar refractivity (Wildman–Crippen MR) is 77.4 cm³/mol. The van der Waals surface area contributed by atoms with Crippen molar-refractivity contribution in [3.8, 4) is 5.75 Å². The normalized spacial score (nSPS) is 12.2. The van der Waals surface area contributed by atoms with E-state index >= 15 is 0 Å². The van der Waals surface area contributed by atoms with Gasteiger partial charge in [0.25, 0.3) is 0 Å². The number of methoxy groups -OCH3 is 1. The Labute approximate surface area is 118 Å². The Bertz CT molecular complexity index is 564. The van der Waals surface area contributed by atoms with Crippen molar-refractivity contribution in [1.29, 1.82) is 0 Å². The zero-order valence-corrected chi connectivity index (χ0v) is 11.8. The summed E-state index contributed by atoms with van der Waals surface area (Å²) in [5, 5.41) is 10.3. The van der Waals surface area contributed by atoms with Crippen LogP contribution in [-0.2, 0) is 12.8 Å². The lowest BCUT2D eigenvalue weighted by Crippen LogP contribution is -2.06. The molecule has 0 amide bonds. The van der Waals surface area contributed by atoms with Gasteiger partial charge in [0.1, 0.15) is 11.6 Å². The van der Waals surface area contributed by atoms with E-state index in [4.69, 9.17) is 4.74 Å². The number of hydrogen-bond acceptors (Lipinski definition) is 2. The van der Waals surface area contributed by atoms with E-state index in [2.05, 4.69) is 6.92 Å². The predicted octanol–water partition coefficient (Wildman–Crippen LogP) is 3.67. The van der Waals surface area contributed by atoms with Crippen LogP contribution in [0.3, 0.4) is 0 Å². The third kappa shape index (κ3) is 3.17. The Hall–Kier alpha value is -1.87. The van der Waals surface area contributed by atoms with Gasteiger partial charge in [-0.15, -0.1) is 0 Å². The fraction of sp³-hybridized carbons (Fsp3) is 0.294. The number of hydrogen-bond donors (Lipinski definition) is 1. The standard InChI is InChI=1S/C17H19FO2/c1-3-12-7-9-13(10-8-12)11-15(19)17-14(18)5-4-6-16(17)20-2/h4-10,15,19H,3,11H2,1-2H3. The van der Waals surface area contributed by atoms with Crippen LogP contribution in [0.2, 0.25) is 0 Å². The van der Waals surface area contributed by atoms with Crippen molar-refractivity contribution in [3.05, 3.63) is 65.0 Å². The van der Waals surface area contributed by atoms with Crippen LogP contribution in [-0.4, -0.2) is 12.2 Å². The summed E-state index contributed by atoms with van der Waals surface area (Å²) in [6.45, 7) is 2.09. The molecule has 2 aromatic rings. The number of halogens is 1. The Morgan fingerprint density at radius 2 is 1.75 bits per heavy atom. The molecule has 2 rings (SSSR count). The van der Waals surface area contributed by atoms with Crippen molar-refractivity contribution in [2.24, 2.45) is 0 Å². The molecule has 0 saturated carbocycles. The van der Waals surface area contributed by atoms with Gasteiger partial charge in [0.15, 0.2) is 0 Å². The summed E-state index contributed by atoms with van der Waals surface area (Å²) >= 11 is 0. The van der Waals surface area contributed by atoms with E-state index in [1.54, 1.807) is 12.1 Å². The van der Waals surface area contributed by atoms with Gasteiger partial charge in [-0.25, -0.2) is 4.39 Å². The van der Waals surface area contributed by atoms with Gasteiger partial charge in [-0.05, 0) is 29.7 Å². The van der Waals surface area contributed by atoms with Crippen molar-refractivity contribution >= 4 is 0 Å². The molecule has 1 unspecified atom stereocenters. The fourth-order valence-corrected chi connectivity index (χ4v) is 2.25. The van der Waals surface area contributed by atoms with Crippen LogP contribution in [0.4, 0.5) is 4.39 Å². The Morgan fingerprint density at radius 3 is 2.35 bits per heavy atom. The third-order valence-corrected chi connectivity index (χ3v) is 3.43. The molecule has 0 spiro atoms. The second kappa shape index (κ2) is 6.53. The summed E-state index contributed by atoms with van der Waals surface area (Å²) in [6.07, 6.45) is 0.421. The largest absolute Gasteiger partial charge is 0.496 e. The van der Waals surface area contributed by atoms with Crippen LogP contribution in [0.1, 0.15) is 29.7 Å². The molecule has 0 saturated heterocycles. The van der Waals surface area contributed by atoms with E-state index in [-0.39, 0.29) is 5.56 Å². The molecular formula is C17H19FO2. The van der Waals surface area contributed by atoms with E-state index in [0.29, 0.717) is 12.2 Å². The van der Waals surface area contributed by atoms with E-state index < -0.39 is 11.9 Å².